The van der Waals surface area contributed by atoms with E-state index in [1.165, 1.54) is 19.3 Å². The van der Waals surface area contributed by atoms with Crippen molar-refractivity contribution < 1.29 is 26.7 Å². The third-order valence-corrected chi connectivity index (χ3v) is 4.57. The van der Waals surface area contributed by atoms with E-state index in [1.807, 2.05) is 12.1 Å². The van der Waals surface area contributed by atoms with Gasteiger partial charge in [0.2, 0.25) is 5.82 Å². The highest BCUT2D eigenvalue weighted by Crippen LogP contribution is 2.35. The van der Waals surface area contributed by atoms with Crippen molar-refractivity contribution in [1.82, 2.24) is 0 Å². The molecule has 134 valence electrons. The van der Waals surface area contributed by atoms with E-state index in [0.717, 1.165) is 30.5 Å². The lowest BCUT2D eigenvalue weighted by Crippen LogP contribution is -2.18. The third-order valence-electron chi connectivity index (χ3n) is 4.57. The molecule has 1 saturated carbocycles. The average molecular weight is 356 g/mol. The number of rotatable bonds is 3. The van der Waals surface area contributed by atoms with Crippen molar-refractivity contribution >= 4 is 0 Å². The zero-order chi connectivity index (χ0) is 18.0. The summed E-state index contributed by atoms with van der Waals surface area (Å²) in [4.78, 5) is 0. The van der Waals surface area contributed by atoms with Crippen molar-refractivity contribution in [2.24, 2.45) is 0 Å². The molecule has 0 N–H and O–H groups in total. The molecule has 25 heavy (non-hydrogen) atoms. The van der Waals surface area contributed by atoms with Gasteiger partial charge in [0.25, 0.3) is 0 Å². The number of alkyl halides is 3. The summed E-state index contributed by atoms with van der Waals surface area (Å²) in [5, 5.41) is 0. The molecule has 0 radical (unpaired) electrons. The summed E-state index contributed by atoms with van der Waals surface area (Å²) in [6.07, 6.45) is 0.777. The zero-order valence-corrected chi connectivity index (χ0v) is 13.4. The number of ether oxygens (including phenoxy) is 1. The quantitative estimate of drug-likeness (QED) is 0.565. The average Bonchev–Trinajstić information content (AvgIpc) is 2.59. The van der Waals surface area contributed by atoms with Gasteiger partial charge in [-0.2, -0.15) is 4.39 Å². The SMILES string of the molecule is Fc1c(OC(F)(F)F)ccc(-c2ccc(C3CCCCC3)cc2)c1F. The molecule has 1 aliphatic rings. The fourth-order valence-electron chi connectivity index (χ4n) is 3.33. The normalized spacial score (nSPS) is 16.0. The van der Waals surface area contributed by atoms with Crippen molar-refractivity contribution in [3.8, 4) is 16.9 Å². The Morgan fingerprint density at radius 2 is 1.44 bits per heavy atom. The molecule has 0 amide bonds. The van der Waals surface area contributed by atoms with E-state index in [0.29, 0.717) is 11.5 Å². The first-order valence-electron chi connectivity index (χ1n) is 8.19. The van der Waals surface area contributed by atoms with Gasteiger partial charge in [-0.05, 0) is 42.0 Å². The summed E-state index contributed by atoms with van der Waals surface area (Å²) in [7, 11) is 0. The Labute approximate surface area is 142 Å². The Hall–Kier alpha value is -2.11. The predicted octanol–water partition coefficient (Wildman–Crippen LogP) is 6.58. The van der Waals surface area contributed by atoms with E-state index in [4.69, 9.17) is 0 Å². The van der Waals surface area contributed by atoms with Crippen LogP contribution in [0.3, 0.4) is 0 Å². The summed E-state index contributed by atoms with van der Waals surface area (Å²) in [5.41, 5.74) is 1.47. The topological polar surface area (TPSA) is 9.23 Å². The van der Waals surface area contributed by atoms with Crippen molar-refractivity contribution in [2.45, 2.75) is 44.4 Å². The van der Waals surface area contributed by atoms with Gasteiger partial charge in [0.05, 0.1) is 0 Å². The lowest BCUT2D eigenvalue weighted by Gasteiger charge is -2.22. The second kappa shape index (κ2) is 7.02. The molecule has 1 nitrogen and oxygen atoms in total. The molecule has 6 heteroatoms. The van der Waals surface area contributed by atoms with Crippen LogP contribution in [0.15, 0.2) is 36.4 Å². The first-order chi connectivity index (χ1) is 11.8. The van der Waals surface area contributed by atoms with Gasteiger partial charge in [-0.3, -0.25) is 0 Å². The Morgan fingerprint density at radius 1 is 0.800 bits per heavy atom. The molecule has 0 bridgehead atoms. The van der Waals surface area contributed by atoms with Crippen molar-refractivity contribution in [3.63, 3.8) is 0 Å². The van der Waals surface area contributed by atoms with Gasteiger partial charge in [-0.1, -0.05) is 43.5 Å². The van der Waals surface area contributed by atoms with E-state index in [-0.39, 0.29) is 5.56 Å². The number of hydrogen-bond acceptors (Lipinski definition) is 1. The molecule has 0 spiro atoms. The first-order valence-corrected chi connectivity index (χ1v) is 8.19. The van der Waals surface area contributed by atoms with Crippen molar-refractivity contribution in [3.05, 3.63) is 53.6 Å². The van der Waals surface area contributed by atoms with Crippen LogP contribution in [0.5, 0.6) is 5.75 Å². The summed E-state index contributed by atoms with van der Waals surface area (Å²) < 4.78 is 68.1. The van der Waals surface area contributed by atoms with E-state index >= 15 is 0 Å². The molecule has 2 aromatic rings. The minimum absolute atomic E-state index is 0.0952. The fourth-order valence-corrected chi connectivity index (χ4v) is 3.33. The highest BCUT2D eigenvalue weighted by Gasteiger charge is 2.33. The number of hydrogen-bond donors (Lipinski definition) is 0. The van der Waals surface area contributed by atoms with Gasteiger partial charge in [-0.15, -0.1) is 13.2 Å². The predicted molar refractivity (Wildman–Crippen MR) is 84.3 cm³/mol. The van der Waals surface area contributed by atoms with Crippen LogP contribution in [-0.4, -0.2) is 6.36 Å². The fraction of sp³-hybridized carbons (Fsp3) is 0.368. The summed E-state index contributed by atoms with van der Waals surface area (Å²) in [6, 6.07) is 8.98. The molecule has 2 aromatic carbocycles. The Balaban J connectivity index is 1.85. The lowest BCUT2D eigenvalue weighted by atomic mass is 9.83. The minimum atomic E-state index is -5.07. The van der Waals surface area contributed by atoms with Crippen LogP contribution in [0, 0.1) is 11.6 Å². The number of halogens is 5. The van der Waals surface area contributed by atoms with E-state index < -0.39 is 23.7 Å². The monoisotopic (exact) mass is 356 g/mol. The Kier molecular flexibility index (Phi) is 4.97. The van der Waals surface area contributed by atoms with Crippen molar-refractivity contribution in [1.29, 1.82) is 0 Å². The molecule has 0 aliphatic heterocycles. The van der Waals surface area contributed by atoms with Crippen LogP contribution in [0.1, 0.15) is 43.6 Å². The zero-order valence-electron chi connectivity index (χ0n) is 13.4. The maximum absolute atomic E-state index is 14.2. The summed E-state index contributed by atoms with van der Waals surface area (Å²) >= 11 is 0. The maximum Gasteiger partial charge on any atom is 0.573 e. The lowest BCUT2D eigenvalue weighted by molar-refractivity contribution is -0.275. The summed E-state index contributed by atoms with van der Waals surface area (Å²) in [5.74, 6) is -3.70. The molecule has 0 unspecified atom stereocenters. The molecule has 0 aromatic heterocycles. The minimum Gasteiger partial charge on any atom is -0.403 e. The highest BCUT2D eigenvalue weighted by atomic mass is 19.4. The molecule has 1 fully saturated rings. The van der Waals surface area contributed by atoms with Crippen molar-refractivity contribution in [2.75, 3.05) is 0 Å². The molecule has 0 heterocycles. The van der Waals surface area contributed by atoms with Crippen LogP contribution < -0.4 is 4.74 Å². The van der Waals surface area contributed by atoms with Crippen LogP contribution >= 0.6 is 0 Å². The van der Waals surface area contributed by atoms with Gasteiger partial charge in [-0.25, -0.2) is 4.39 Å². The Bertz CT molecular complexity index is 731. The van der Waals surface area contributed by atoms with E-state index in [9.17, 15) is 22.0 Å². The van der Waals surface area contributed by atoms with Crippen LogP contribution in [0.4, 0.5) is 22.0 Å². The van der Waals surface area contributed by atoms with Gasteiger partial charge in [0.15, 0.2) is 11.6 Å². The van der Waals surface area contributed by atoms with E-state index in [1.54, 1.807) is 12.1 Å². The maximum atomic E-state index is 14.2. The van der Waals surface area contributed by atoms with Gasteiger partial charge >= 0.3 is 6.36 Å². The van der Waals surface area contributed by atoms with Crippen LogP contribution in [0.2, 0.25) is 0 Å². The Morgan fingerprint density at radius 3 is 2.04 bits per heavy atom. The molecule has 0 atom stereocenters. The van der Waals surface area contributed by atoms with Gasteiger partial charge in [0, 0.05) is 5.56 Å². The van der Waals surface area contributed by atoms with E-state index in [2.05, 4.69) is 4.74 Å². The molecular weight excluding hydrogens is 339 g/mol. The van der Waals surface area contributed by atoms with Gasteiger partial charge in [0.1, 0.15) is 0 Å². The molecule has 1 aliphatic carbocycles. The largest absolute Gasteiger partial charge is 0.573 e. The first kappa shape index (κ1) is 17.7. The molecule has 0 saturated heterocycles. The second-order valence-electron chi connectivity index (χ2n) is 6.24. The van der Waals surface area contributed by atoms with Crippen LogP contribution in [0.25, 0.3) is 11.1 Å². The third kappa shape index (κ3) is 4.11. The standard InChI is InChI=1S/C19H17F5O/c20-17-15(10-11-16(18(17)21)25-19(22,23)24)14-8-6-13(7-9-14)12-4-2-1-3-5-12/h6-12H,1-5H2. The van der Waals surface area contributed by atoms with Gasteiger partial charge < -0.3 is 4.74 Å². The number of benzene rings is 2. The highest BCUT2D eigenvalue weighted by molar-refractivity contribution is 5.65. The second-order valence-corrected chi connectivity index (χ2v) is 6.24. The van der Waals surface area contributed by atoms with Crippen LogP contribution in [-0.2, 0) is 0 Å². The molecular formula is C19H17F5O. The smallest absolute Gasteiger partial charge is 0.403 e. The molecule has 3 rings (SSSR count). The summed E-state index contributed by atoms with van der Waals surface area (Å²) in [6.45, 7) is 0.